The van der Waals surface area contributed by atoms with Gasteiger partial charge in [-0.3, -0.25) is 4.79 Å². The summed E-state index contributed by atoms with van der Waals surface area (Å²) < 4.78 is 4.79. The summed E-state index contributed by atoms with van der Waals surface area (Å²) in [5.41, 5.74) is 0.936. The van der Waals surface area contributed by atoms with Gasteiger partial charge in [0, 0.05) is 5.27 Å². The van der Waals surface area contributed by atoms with E-state index in [9.17, 15) is 4.79 Å². The second-order valence-electron chi connectivity index (χ2n) is 3.40. The molecule has 1 unspecified atom stereocenters. The lowest BCUT2D eigenvalue weighted by atomic mass is 9.98. The summed E-state index contributed by atoms with van der Waals surface area (Å²) in [5.74, 6) is -1.41. The molecule has 1 heterocycles. The molecule has 0 spiro atoms. The fourth-order valence-corrected chi connectivity index (χ4v) is 1.49. The normalized spacial score (nSPS) is 12.2. The minimum Gasteiger partial charge on any atom is -0.481 e. The van der Waals surface area contributed by atoms with Gasteiger partial charge in [0.1, 0.15) is 5.92 Å². The van der Waals surface area contributed by atoms with Crippen LogP contribution >= 0.6 is 0 Å². The molecular weight excluding hydrogens is 208 g/mol. The molecule has 1 N–H and O–H groups in total. The smallest absolute Gasteiger partial charge is 0.314 e. The van der Waals surface area contributed by atoms with Crippen molar-refractivity contribution in [1.29, 1.82) is 0 Å². The summed E-state index contributed by atoms with van der Waals surface area (Å²) in [6, 6.07) is 9.37. The molecule has 0 fully saturated rings. The van der Waals surface area contributed by atoms with Crippen molar-refractivity contribution in [3.63, 3.8) is 0 Å². The van der Waals surface area contributed by atoms with E-state index in [-0.39, 0.29) is 5.76 Å². The van der Waals surface area contributed by atoms with Crippen molar-refractivity contribution in [1.82, 2.24) is 10.4 Å². The molecule has 1 atom stereocenters. The van der Waals surface area contributed by atoms with Crippen molar-refractivity contribution in [3.05, 3.63) is 47.9 Å². The molecule has 0 aliphatic carbocycles. The van der Waals surface area contributed by atoms with Crippen molar-refractivity contribution in [3.8, 4) is 0 Å². The monoisotopic (exact) mass is 218 g/mol. The Morgan fingerprint density at radius 2 is 2.12 bits per heavy atom. The second kappa shape index (κ2) is 4.57. The fraction of sp³-hybridized carbons (Fsp3) is 0.182. The van der Waals surface area contributed by atoms with Crippen LogP contribution in [0, 0.1) is 0 Å². The summed E-state index contributed by atoms with van der Waals surface area (Å²) in [6.45, 7) is 0. The Hall–Kier alpha value is -2.17. The number of carboxylic acid groups (broad SMARTS) is 1. The molecule has 2 rings (SSSR count). The lowest BCUT2D eigenvalue weighted by molar-refractivity contribution is -0.139. The van der Waals surface area contributed by atoms with Gasteiger partial charge >= 0.3 is 5.97 Å². The number of rotatable bonds is 4. The Morgan fingerprint density at radius 1 is 1.38 bits per heavy atom. The van der Waals surface area contributed by atoms with E-state index in [1.165, 1.54) is 6.20 Å². The van der Waals surface area contributed by atoms with Gasteiger partial charge in [0.25, 0.3) is 0 Å². The van der Waals surface area contributed by atoms with Crippen molar-refractivity contribution in [2.75, 3.05) is 0 Å². The maximum absolute atomic E-state index is 11.1. The van der Waals surface area contributed by atoms with Gasteiger partial charge < -0.3 is 9.63 Å². The maximum Gasteiger partial charge on any atom is 0.314 e. The van der Waals surface area contributed by atoms with Gasteiger partial charge in [-0.15, -0.1) is 5.10 Å². The van der Waals surface area contributed by atoms with Crippen LogP contribution in [0.25, 0.3) is 0 Å². The zero-order valence-corrected chi connectivity index (χ0v) is 8.41. The van der Waals surface area contributed by atoms with Crippen molar-refractivity contribution in [2.45, 2.75) is 12.3 Å². The van der Waals surface area contributed by atoms with Crippen LogP contribution in [0.3, 0.4) is 0 Å². The zero-order valence-electron chi connectivity index (χ0n) is 8.41. The summed E-state index contributed by atoms with van der Waals surface area (Å²) in [5, 5.41) is 15.9. The quantitative estimate of drug-likeness (QED) is 0.841. The topological polar surface area (TPSA) is 76.2 Å². The van der Waals surface area contributed by atoms with E-state index in [0.717, 1.165) is 5.56 Å². The molecule has 0 radical (unpaired) electrons. The first-order valence-electron chi connectivity index (χ1n) is 4.81. The molecule has 0 aliphatic heterocycles. The van der Waals surface area contributed by atoms with Crippen LogP contribution < -0.4 is 0 Å². The molecule has 16 heavy (non-hydrogen) atoms. The Balaban J connectivity index is 2.19. The number of aliphatic carboxylic acids is 1. The van der Waals surface area contributed by atoms with Gasteiger partial charge in [-0.1, -0.05) is 30.3 Å². The van der Waals surface area contributed by atoms with Crippen LogP contribution in [-0.4, -0.2) is 21.4 Å². The molecule has 1 aromatic carbocycles. The fourth-order valence-electron chi connectivity index (χ4n) is 1.49. The molecule has 1 aromatic heterocycles. The highest BCUT2D eigenvalue weighted by Crippen LogP contribution is 2.19. The number of hydrogen-bond acceptors (Lipinski definition) is 4. The number of carboxylic acids is 1. The number of aromatic nitrogens is 2. The van der Waals surface area contributed by atoms with E-state index < -0.39 is 11.9 Å². The largest absolute Gasteiger partial charge is 0.481 e. The molecule has 0 saturated carbocycles. The van der Waals surface area contributed by atoms with Gasteiger partial charge in [0.15, 0.2) is 5.76 Å². The van der Waals surface area contributed by atoms with Crippen molar-refractivity contribution < 1.29 is 14.4 Å². The lowest BCUT2D eigenvalue weighted by Crippen LogP contribution is -2.13. The average molecular weight is 218 g/mol. The Kier molecular flexibility index (Phi) is 2.95. The number of benzene rings is 1. The number of carbonyl (C=O) groups is 1. The predicted molar refractivity (Wildman–Crippen MR) is 54.8 cm³/mol. The van der Waals surface area contributed by atoms with E-state index >= 15 is 0 Å². The van der Waals surface area contributed by atoms with E-state index in [0.29, 0.717) is 6.42 Å². The maximum atomic E-state index is 11.1. The Bertz CT molecular complexity index is 453. The third kappa shape index (κ3) is 2.25. The van der Waals surface area contributed by atoms with Gasteiger partial charge in [-0.2, -0.15) is 0 Å². The first kappa shape index (κ1) is 10.4. The van der Waals surface area contributed by atoms with Gasteiger partial charge in [-0.25, -0.2) is 0 Å². The molecule has 0 bridgehead atoms. The molecule has 5 heteroatoms. The molecule has 0 amide bonds. The second-order valence-corrected chi connectivity index (χ2v) is 3.40. The van der Waals surface area contributed by atoms with E-state index in [1.807, 2.05) is 30.3 Å². The minimum absolute atomic E-state index is 0.274. The average Bonchev–Trinajstić information content (AvgIpc) is 2.80. The van der Waals surface area contributed by atoms with Crippen LogP contribution in [0.5, 0.6) is 0 Å². The van der Waals surface area contributed by atoms with E-state index in [1.54, 1.807) is 0 Å². The predicted octanol–water partition coefficient (Wildman–Crippen LogP) is 1.48. The molecule has 0 saturated heterocycles. The summed E-state index contributed by atoms with van der Waals surface area (Å²) in [6.07, 6.45) is 1.70. The van der Waals surface area contributed by atoms with Crippen LogP contribution in [0.15, 0.2) is 41.1 Å². The Labute approximate surface area is 91.7 Å². The van der Waals surface area contributed by atoms with Crippen molar-refractivity contribution in [2.24, 2.45) is 0 Å². The SMILES string of the molecule is O=C(O)C(Cc1ccccc1)c1cnno1. The minimum atomic E-state index is -0.942. The molecule has 82 valence electrons. The number of nitrogens with zero attached hydrogens (tertiary/aromatic N) is 2. The third-order valence-electron chi connectivity index (χ3n) is 2.30. The number of hydrogen-bond donors (Lipinski definition) is 1. The zero-order chi connectivity index (χ0) is 11.4. The Morgan fingerprint density at radius 3 is 2.69 bits per heavy atom. The summed E-state index contributed by atoms with van der Waals surface area (Å²) in [7, 11) is 0. The summed E-state index contributed by atoms with van der Waals surface area (Å²) in [4.78, 5) is 11.1. The lowest BCUT2D eigenvalue weighted by Gasteiger charge is -2.07. The highest BCUT2D eigenvalue weighted by molar-refractivity contribution is 5.75. The third-order valence-corrected chi connectivity index (χ3v) is 2.30. The van der Waals surface area contributed by atoms with Crippen LogP contribution in [0.2, 0.25) is 0 Å². The summed E-state index contributed by atoms with van der Waals surface area (Å²) >= 11 is 0. The molecule has 0 aliphatic rings. The van der Waals surface area contributed by atoms with Crippen LogP contribution in [0.1, 0.15) is 17.2 Å². The van der Waals surface area contributed by atoms with Gasteiger partial charge in [0.2, 0.25) is 0 Å². The van der Waals surface area contributed by atoms with Gasteiger partial charge in [0.05, 0.1) is 6.20 Å². The van der Waals surface area contributed by atoms with Gasteiger partial charge in [-0.05, 0) is 12.0 Å². The molecule has 5 nitrogen and oxygen atoms in total. The van der Waals surface area contributed by atoms with Crippen LogP contribution in [-0.2, 0) is 11.2 Å². The van der Waals surface area contributed by atoms with Crippen LogP contribution in [0.4, 0.5) is 0 Å². The van der Waals surface area contributed by atoms with Crippen molar-refractivity contribution >= 4 is 5.97 Å². The first-order chi connectivity index (χ1) is 7.77. The van der Waals surface area contributed by atoms with E-state index in [4.69, 9.17) is 9.63 Å². The molecular formula is C11H10N2O3. The highest BCUT2D eigenvalue weighted by atomic mass is 16.5. The highest BCUT2D eigenvalue weighted by Gasteiger charge is 2.24. The van der Waals surface area contributed by atoms with E-state index in [2.05, 4.69) is 10.4 Å². The first-order valence-corrected chi connectivity index (χ1v) is 4.81. The standard InChI is InChI=1S/C11H10N2O3/c14-11(15)9(10-7-12-13-16-10)6-8-4-2-1-3-5-8/h1-5,7,9H,6H2,(H,14,15). The molecule has 2 aromatic rings.